The number of para-hydroxylation sites is 2. The summed E-state index contributed by atoms with van der Waals surface area (Å²) < 4.78 is 6.79. The molecule has 6 atom stereocenters. The first-order valence-corrected chi connectivity index (χ1v) is 21.4. The third kappa shape index (κ3) is 3.71. The van der Waals surface area contributed by atoms with E-state index in [9.17, 15) is 0 Å². The van der Waals surface area contributed by atoms with Crippen LogP contribution in [0.3, 0.4) is 0 Å². The van der Waals surface area contributed by atoms with E-state index in [0.717, 1.165) is 57.0 Å². The number of benzene rings is 6. The molecule has 0 aliphatic heterocycles. The normalized spacial score (nSPS) is 29.1. The predicted octanol–water partition coefficient (Wildman–Crippen LogP) is 14.4. The van der Waals surface area contributed by atoms with Gasteiger partial charge in [0.2, 0.25) is 0 Å². The minimum absolute atomic E-state index is 0.125. The van der Waals surface area contributed by atoms with Gasteiger partial charge in [0.15, 0.2) is 5.58 Å². The number of fused-ring (bicyclic) bond motifs is 12. The monoisotopic (exact) mass is 727 g/mol. The lowest BCUT2D eigenvalue weighted by atomic mass is 9.27. The first-order valence-electron chi connectivity index (χ1n) is 21.4. The molecule has 1 aromatic heterocycles. The molecule has 56 heavy (non-hydrogen) atoms. The van der Waals surface area contributed by atoms with Crippen molar-refractivity contribution in [2.45, 2.75) is 82.5 Å². The van der Waals surface area contributed by atoms with Crippen LogP contribution in [-0.4, -0.2) is 0 Å². The predicted molar refractivity (Wildman–Crippen MR) is 230 cm³/mol. The van der Waals surface area contributed by atoms with Crippen LogP contribution in [-0.2, 0) is 16.2 Å². The number of anilines is 3. The van der Waals surface area contributed by atoms with Gasteiger partial charge >= 0.3 is 0 Å². The quantitative estimate of drug-likeness (QED) is 0.179. The average Bonchev–Trinajstić information content (AvgIpc) is 3.95. The van der Waals surface area contributed by atoms with Crippen molar-refractivity contribution in [1.82, 2.24) is 0 Å². The summed E-state index contributed by atoms with van der Waals surface area (Å²) in [5.41, 5.74) is 18.2. The summed E-state index contributed by atoms with van der Waals surface area (Å²) in [5.74, 6) is 3.44. The van der Waals surface area contributed by atoms with Gasteiger partial charge in [-0.3, -0.25) is 0 Å². The Morgan fingerprint density at radius 3 is 2.14 bits per heavy atom. The molecule has 2 spiro atoms. The van der Waals surface area contributed by atoms with Crippen LogP contribution in [0.15, 0.2) is 132 Å². The Hall–Kier alpha value is -5.08. The second-order valence-corrected chi connectivity index (χ2v) is 20.0. The van der Waals surface area contributed by atoms with E-state index in [-0.39, 0.29) is 16.2 Å². The fraction of sp³-hybridized carbons (Fsp3) is 0.333. The van der Waals surface area contributed by atoms with Gasteiger partial charge in [0, 0.05) is 27.6 Å². The Morgan fingerprint density at radius 2 is 1.27 bits per heavy atom. The van der Waals surface area contributed by atoms with Crippen LogP contribution in [0.5, 0.6) is 0 Å². The highest BCUT2D eigenvalue weighted by Gasteiger charge is 2.84. The zero-order valence-corrected chi connectivity index (χ0v) is 33.0. The van der Waals surface area contributed by atoms with Crippen LogP contribution in [0.2, 0.25) is 0 Å². The lowest BCUT2D eigenvalue weighted by Crippen LogP contribution is -2.73. The van der Waals surface area contributed by atoms with Gasteiger partial charge in [-0.15, -0.1) is 0 Å². The summed E-state index contributed by atoms with van der Waals surface area (Å²) in [6.07, 6.45) is 8.21. The minimum atomic E-state index is 0.125. The fourth-order valence-electron chi connectivity index (χ4n) is 14.5. The molecule has 7 aromatic rings. The van der Waals surface area contributed by atoms with Crippen LogP contribution in [0.4, 0.5) is 17.1 Å². The van der Waals surface area contributed by atoms with Crippen molar-refractivity contribution in [3.05, 3.63) is 150 Å². The molecule has 0 saturated heterocycles. The molecule has 6 aliphatic rings. The minimum Gasteiger partial charge on any atom is -0.454 e. The third-order valence-electron chi connectivity index (χ3n) is 16.8. The van der Waals surface area contributed by atoms with E-state index in [1.54, 1.807) is 11.1 Å². The molecule has 0 amide bonds. The summed E-state index contributed by atoms with van der Waals surface area (Å²) in [6, 6.07) is 48.6. The van der Waals surface area contributed by atoms with E-state index >= 15 is 0 Å². The first kappa shape index (κ1) is 32.1. The van der Waals surface area contributed by atoms with E-state index < -0.39 is 0 Å². The van der Waals surface area contributed by atoms with Crippen molar-refractivity contribution in [2.24, 2.45) is 29.1 Å². The molecule has 2 heteroatoms. The first-order chi connectivity index (χ1) is 27.2. The Morgan fingerprint density at radius 1 is 0.571 bits per heavy atom. The summed E-state index contributed by atoms with van der Waals surface area (Å²) >= 11 is 0. The molecule has 6 aromatic carbocycles. The molecule has 4 fully saturated rings. The van der Waals surface area contributed by atoms with Crippen molar-refractivity contribution >= 4 is 39.0 Å². The highest BCUT2D eigenvalue weighted by molar-refractivity contribution is 6.10. The Labute approximate surface area is 330 Å². The molecule has 1 heterocycles. The lowest BCUT2D eigenvalue weighted by Gasteiger charge is -2.76. The van der Waals surface area contributed by atoms with Crippen LogP contribution in [0.25, 0.3) is 44.2 Å². The van der Waals surface area contributed by atoms with Crippen LogP contribution < -0.4 is 4.90 Å². The zero-order chi connectivity index (χ0) is 37.3. The van der Waals surface area contributed by atoms with Gasteiger partial charge in [0.1, 0.15) is 5.58 Å². The summed E-state index contributed by atoms with van der Waals surface area (Å²) in [4.78, 5) is 2.50. The average molecular weight is 728 g/mol. The van der Waals surface area contributed by atoms with Crippen molar-refractivity contribution in [3.63, 3.8) is 0 Å². The molecule has 276 valence electrons. The maximum atomic E-state index is 6.79. The SMILES string of the molecule is CC1(C)CCC(C)(C)c2c(-c3ccc(N(c4ccc5c(c4)C4(c6ccccc6-5)C5CC6CC7CC4C75C6)c4cccc5c4oc4ccccc45)cc3)cccc21. The number of hydrogen-bond acceptors (Lipinski definition) is 2. The van der Waals surface area contributed by atoms with Gasteiger partial charge in [-0.1, -0.05) is 119 Å². The number of furan rings is 1. The van der Waals surface area contributed by atoms with Crippen LogP contribution in [0, 0.1) is 29.1 Å². The van der Waals surface area contributed by atoms with Crippen LogP contribution in [0.1, 0.15) is 88.5 Å². The zero-order valence-electron chi connectivity index (χ0n) is 33.0. The molecule has 0 N–H and O–H groups in total. The fourth-order valence-corrected chi connectivity index (χ4v) is 14.5. The molecular weight excluding hydrogens is 679 g/mol. The maximum Gasteiger partial charge on any atom is 0.159 e. The molecule has 13 rings (SSSR count). The summed E-state index contributed by atoms with van der Waals surface area (Å²) in [5, 5.41) is 2.33. The highest BCUT2D eigenvalue weighted by atomic mass is 16.3. The van der Waals surface area contributed by atoms with Gasteiger partial charge in [-0.25, -0.2) is 0 Å². The maximum absolute atomic E-state index is 6.79. The van der Waals surface area contributed by atoms with Crippen molar-refractivity contribution in [3.8, 4) is 22.3 Å². The number of hydrogen-bond donors (Lipinski definition) is 0. The van der Waals surface area contributed by atoms with Crippen LogP contribution >= 0.6 is 0 Å². The van der Waals surface area contributed by atoms with E-state index in [4.69, 9.17) is 4.42 Å². The second kappa shape index (κ2) is 10.5. The third-order valence-corrected chi connectivity index (χ3v) is 16.8. The van der Waals surface area contributed by atoms with Gasteiger partial charge in [-0.05, 0) is 159 Å². The standard InChI is InChI=1S/C54H49NO/c1-51(2)25-26-52(3,4)49-37(13-9-16-43(49)51)33-19-21-35(22-20-33)55(45-17-10-14-41-40-12-6-8-18-46(40)56-50(41)45)36-23-24-39-38-11-5-7-15-42(38)54(44(39)30-36)47-28-32-27-34-29-48(54)53(34,47)31-32/h5-24,30,32,34,47-48H,25-29,31H2,1-4H3. The smallest absolute Gasteiger partial charge is 0.159 e. The largest absolute Gasteiger partial charge is 0.454 e. The van der Waals surface area contributed by atoms with Crippen molar-refractivity contribution in [1.29, 1.82) is 0 Å². The highest BCUT2D eigenvalue weighted by Crippen LogP contribution is 2.89. The number of rotatable bonds is 4. The lowest BCUT2D eigenvalue weighted by molar-refractivity contribution is -0.231. The number of nitrogens with zero attached hydrogens (tertiary/aromatic N) is 1. The van der Waals surface area contributed by atoms with Gasteiger partial charge in [0.05, 0.1) is 5.69 Å². The molecule has 6 aliphatic carbocycles. The Bertz CT molecular complexity index is 2820. The van der Waals surface area contributed by atoms with E-state index in [1.807, 2.05) is 0 Å². The molecule has 0 radical (unpaired) electrons. The molecular formula is C54H49NO. The topological polar surface area (TPSA) is 16.4 Å². The van der Waals surface area contributed by atoms with Gasteiger partial charge in [0.25, 0.3) is 0 Å². The summed E-state index contributed by atoms with van der Waals surface area (Å²) in [6.45, 7) is 9.73. The molecule has 4 saturated carbocycles. The second-order valence-electron chi connectivity index (χ2n) is 20.0. The van der Waals surface area contributed by atoms with E-state index in [0.29, 0.717) is 5.41 Å². The molecule has 6 unspecified atom stereocenters. The Kier molecular flexibility index (Phi) is 5.98. The van der Waals surface area contributed by atoms with Crippen molar-refractivity contribution < 1.29 is 4.42 Å². The van der Waals surface area contributed by atoms with Gasteiger partial charge < -0.3 is 9.32 Å². The van der Waals surface area contributed by atoms with E-state index in [2.05, 4.69) is 160 Å². The summed E-state index contributed by atoms with van der Waals surface area (Å²) in [7, 11) is 0. The van der Waals surface area contributed by atoms with Gasteiger partial charge in [-0.2, -0.15) is 0 Å². The molecule has 2 bridgehead atoms. The Balaban J connectivity index is 1.01. The molecule has 2 nitrogen and oxygen atoms in total. The van der Waals surface area contributed by atoms with Crippen molar-refractivity contribution in [2.75, 3.05) is 4.90 Å². The van der Waals surface area contributed by atoms with E-state index in [1.165, 1.54) is 77.6 Å².